The number of carbonyl (C=O) groups excluding carboxylic acids is 1. The first-order chi connectivity index (χ1) is 16.8. The predicted molar refractivity (Wildman–Crippen MR) is 134 cm³/mol. The first-order valence-electron chi connectivity index (χ1n) is 11.6. The van der Waals surface area contributed by atoms with Gasteiger partial charge in [-0.25, -0.2) is 8.42 Å². The van der Waals surface area contributed by atoms with Crippen molar-refractivity contribution in [2.24, 2.45) is 0 Å². The summed E-state index contributed by atoms with van der Waals surface area (Å²) in [5.74, 6) is 0.0998. The standard InChI is InChI=1S/C28H28N2O4S/c1-35(32,33)27-11-9-24(10-12-27)25-4-2-3-23(17-25)20-34-26-13-15-30(16-14-26)28(31)18-21-5-7-22(19-29)8-6-21/h2-12,17,26H,13-16,18,20H2,1H3. The Morgan fingerprint density at radius 2 is 1.66 bits per heavy atom. The Balaban J connectivity index is 1.27. The van der Waals surface area contributed by atoms with Crippen LogP contribution in [0.3, 0.4) is 0 Å². The highest BCUT2D eigenvalue weighted by Gasteiger charge is 2.23. The lowest BCUT2D eigenvalue weighted by Gasteiger charge is -2.32. The topological polar surface area (TPSA) is 87.5 Å². The molecule has 0 aliphatic carbocycles. The molecule has 0 aromatic heterocycles. The molecule has 1 aliphatic rings. The molecule has 0 unspecified atom stereocenters. The van der Waals surface area contributed by atoms with Gasteiger partial charge >= 0.3 is 0 Å². The van der Waals surface area contributed by atoms with Crippen molar-refractivity contribution >= 4 is 15.7 Å². The highest BCUT2D eigenvalue weighted by atomic mass is 32.2. The molecule has 0 radical (unpaired) electrons. The van der Waals surface area contributed by atoms with Crippen molar-refractivity contribution in [2.45, 2.75) is 36.9 Å². The maximum absolute atomic E-state index is 12.6. The van der Waals surface area contributed by atoms with Gasteiger partial charge in [-0.2, -0.15) is 5.26 Å². The van der Waals surface area contributed by atoms with Crippen LogP contribution in [-0.4, -0.2) is 44.7 Å². The second kappa shape index (κ2) is 10.9. The molecule has 0 saturated carbocycles. The number of rotatable bonds is 7. The summed E-state index contributed by atoms with van der Waals surface area (Å²) in [4.78, 5) is 14.8. The zero-order valence-corrected chi connectivity index (χ0v) is 20.5. The average Bonchev–Trinajstić information content (AvgIpc) is 2.88. The normalized spacial score (nSPS) is 14.5. The van der Waals surface area contributed by atoms with Crippen LogP contribution in [0.25, 0.3) is 11.1 Å². The fraction of sp³-hybridized carbons (Fsp3) is 0.286. The van der Waals surface area contributed by atoms with Crippen LogP contribution in [-0.2, 0) is 32.4 Å². The van der Waals surface area contributed by atoms with Crippen molar-refractivity contribution in [3.8, 4) is 17.2 Å². The van der Waals surface area contributed by atoms with E-state index < -0.39 is 9.84 Å². The summed E-state index contributed by atoms with van der Waals surface area (Å²) in [5, 5.41) is 8.90. The van der Waals surface area contributed by atoms with Gasteiger partial charge in [-0.05, 0) is 65.4 Å². The van der Waals surface area contributed by atoms with Crippen molar-refractivity contribution in [2.75, 3.05) is 19.3 Å². The van der Waals surface area contributed by atoms with Gasteiger partial charge in [0.15, 0.2) is 9.84 Å². The molecule has 4 rings (SSSR count). The smallest absolute Gasteiger partial charge is 0.226 e. The van der Waals surface area contributed by atoms with Crippen LogP contribution >= 0.6 is 0 Å². The largest absolute Gasteiger partial charge is 0.373 e. The Bertz CT molecular complexity index is 1320. The molecule has 6 nitrogen and oxygen atoms in total. The number of nitriles is 1. The SMILES string of the molecule is CS(=O)(=O)c1ccc(-c2cccc(COC3CCN(C(=O)Cc4ccc(C#N)cc4)CC3)c2)cc1. The fourth-order valence-corrected chi connectivity index (χ4v) is 4.84. The number of ether oxygens (including phenoxy) is 1. The summed E-state index contributed by atoms with van der Waals surface area (Å²) in [7, 11) is -3.21. The number of amides is 1. The number of nitrogens with zero attached hydrogens (tertiary/aromatic N) is 2. The summed E-state index contributed by atoms with van der Waals surface area (Å²) in [5.41, 5.74) is 4.52. The zero-order valence-electron chi connectivity index (χ0n) is 19.7. The Labute approximate surface area is 206 Å². The Hall–Kier alpha value is -3.47. The van der Waals surface area contributed by atoms with Gasteiger partial charge in [0, 0.05) is 19.3 Å². The highest BCUT2D eigenvalue weighted by Crippen LogP contribution is 2.24. The third-order valence-electron chi connectivity index (χ3n) is 6.26. The third kappa shape index (κ3) is 6.56. The molecule has 180 valence electrons. The number of hydrogen-bond acceptors (Lipinski definition) is 5. The molecule has 1 aliphatic heterocycles. The highest BCUT2D eigenvalue weighted by molar-refractivity contribution is 7.90. The molecular weight excluding hydrogens is 460 g/mol. The van der Waals surface area contributed by atoms with Crippen LogP contribution in [0.4, 0.5) is 0 Å². The molecule has 3 aromatic rings. The first kappa shape index (κ1) is 24.6. The second-order valence-electron chi connectivity index (χ2n) is 8.87. The van der Waals surface area contributed by atoms with Gasteiger partial charge in [0.25, 0.3) is 0 Å². The van der Waals surface area contributed by atoms with E-state index in [4.69, 9.17) is 10.00 Å². The maximum Gasteiger partial charge on any atom is 0.226 e. The van der Waals surface area contributed by atoms with E-state index in [2.05, 4.69) is 12.1 Å². The summed E-state index contributed by atoms with van der Waals surface area (Å²) in [6.07, 6.45) is 3.24. The lowest BCUT2D eigenvalue weighted by atomic mass is 10.0. The molecule has 35 heavy (non-hydrogen) atoms. The summed E-state index contributed by atoms with van der Waals surface area (Å²) in [6.45, 7) is 1.83. The van der Waals surface area contributed by atoms with E-state index in [-0.39, 0.29) is 12.0 Å². The number of hydrogen-bond donors (Lipinski definition) is 0. The van der Waals surface area contributed by atoms with Crippen LogP contribution in [0.2, 0.25) is 0 Å². The molecule has 7 heteroatoms. The average molecular weight is 489 g/mol. The lowest BCUT2D eigenvalue weighted by molar-refractivity contribution is -0.133. The van der Waals surface area contributed by atoms with Crippen molar-refractivity contribution < 1.29 is 17.9 Å². The van der Waals surface area contributed by atoms with E-state index in [1.807, 2.05) is 47.4 Å². The number of piperidine rings is 1. The summed E-state index contributed by atoms with van der Waals surface area (Å²) < 4.78 is 29.5. The maximum atomic E-state index is 12.6. The minimum Gasteiger partial charge on any atom is -0.373 e. The Kier molecular flexibility index (Phi) is 7.64. The minimum atomic E-state index is -3.21. The van der Waals surface area contributed by atoms with Crippen molar-refractivity contribution in [1.82, 2.24) is 4.90 Å². The van der Waals surface area contributed by atoms with E-state index in [0.717, 1.165) is 35.1 Å². The van der Waals surface area contributed by atoms with Crippen LogP contribution in [0, 0.1) is 11.3 Å². The van der Waals surface area contributed by atoms with Crippen LogP contribution < -0.4 is 0 Å². The molecule has 1 heterocycles. The zero-order chi connectivity index (χ0) is 24.8. The monoisotopic (exact) mass is 488 g/mol. The number of sulfone groups is 1. The van der Waals surface area contributed by atoms with E-state index in [1.165, 1.54) is 6.26 Å². The minimum absolute atomic E-state index is 0.0998. The summed E-state index contributed by atoms with van der Waals surface area (Å²) in [6, 6.07) is 24.2. The van der Waals surface area contributed by atoms with Crippen LogP contribution in [0.1, 0.15) is 29.5 Å². The number of benzene rings is 3. The molecule has 0 N–H and O–H groups in total. The number of carbonyl (C=O) groups is 1. The van der Waals surface area contributed by atoms with Gasteiger partial charge in [0.2, 0.25) is 5.91 Å². The molecule has 0 atom stereocenters. The van der Waals surface area contributed by atoms with Gasteiger partial charge in [0.05, 0.1) is 35.7 Å². The Morgan fingerprint density at radius 1 is 0.971 bits per heavy atom. The lowest BCUT2D eigenvalue weighted by Crippen LogP contribution is -2.41. The molecule has 1 fully saturated rings. The molecule has 1 amide bonds. The van der Waals surface area contributed by atoms with E-state index in [1.54, 1.807) is 24.3 Å². The quantitative estimate of drug-likeness (QED) is 0.493. The van der Waals surface area contributed by atoms with Crippen LogP contribution in [0.15, 0.2) is 77.7 Å². The van der Waals surface area contributed by atoms with Gasteiger partial charge in [-0.3, -0.25) is 4.79 Å². The summed E-state index contributed by atoms with van der Waals surface area (Å²) >= 11 is 0. The van der Waals surface area contributed by atoms with Gasteiger partial charge in [-0.1, -0.05) is 42.5 Å². The fourth-order valence-electron chi connectivity index (χ4n) is 4.20. The molecule has 3 aromatic carbocycles. The van der Waals surface area contributed by atoms with E-state index in [9.17, 15) is 13.2 Å². The Morgan fingerprint density at radius 3 is 2.29 bits per heavy atom. The second-order valence-corrected chi connectivity index (χ2v) is 10.9. The van der Waals surface area contributed by atoms with Gasteiger partial charge in [-0.15, -0.1) is 0 Å². The number of likely N-dealkylation sites (tertiary alicyclic amines) is 1. The molecule has 1 saturated heterocycles. The van der Waals surface area contributed by atoms with Crippen molar-refractivity contribution in [3.63, 3.8) is 0 Å². The van der Waals surface area contributed by atoms with Crippen molar-refractivity contribution in [3.05, 3.63) is 89.5 Å². The molecular formula is C28H28N2O4S. The van der Waals surface area contributed by atoms with Crippen molar-refractivity contribution in [1.29, 1.82) is 5.26 Å². The first-order valence-corrected chi connectivity index (χ1v) is 13.5. The third-order valence-corrected chi connectivity index (χ3v) is 7.39. The predicted octanol–water partition coefficient (Wildman–Crippen LogP) is 4.38. The molecule has 0 spiro atoms. The van der Waals surface area contributed by atoms with Gasteiger partial charge in [0.1, 0.15) is 0 Å². The van der Waals surface area contributed by atoms with Crippen LogP contribution in [0.5, 0.6) is 0 Å². The van der Waals surface area contributed by atoms with E-state index >= 15 is 0 Å². The van der Waals surface area contributed by atoms with Gasteiger partial charge < -0.3 is 9.64 Å². The molecule has 0 bridgehead atoms. The van der Waals surface area contributed by atoms with E-state index in [0.29, 0.717) is 36.6 Å².